The van der Waals surface area contributed by atoms with Crippen molar-refractivity contribution in [3.8, 4) is 5.75 Å². The van der Waals surface area contributed by atoms with E-state index in [1.54, 1.807) is 9.80 Å². The largest absolute Gasteiger partial charge is 0.484 e. The Balaban J connectivity index is 1.73. The van der Waals surface area contributed by atoms with Gasteiger partial charge in [-0.2, -0.15) is 0 Å². The van der Waals surface area contributed by atoms with Crippen LogP contribution in [0.4, 0.5) is 0 Å². The summed E-state index contributed by atoms with van der Waals surface area (Å²) < 4.78 is 5.50. The lowest BCUT2D eigenvalue weighted by Gasteiger charge is -2.33. The number of nitrogens with one attached hydrogen (secondary N) is 1. The fraction of sp³-hybridized carbons (Fsp3) is 0.556. The van der Waals surface area contributed by atoms with Crippen molar-refractivity contribution >= 4 is 11.8 Å². The van der Waals surface area contributed by atoms with Crippen molar-refractivity contribution in [1.82, 2.24) is 15.1 Å². The maximum Gasteiger partial charge on any atom is 0.260 e. The van der Waals surface area contributed by atoms with E-state index in [-0.39, 0.29) is 24.3 Å². The van der Waals surface area contributed by atoms with Crippen LogP contribution in [0.25, 0.3) is 0 Å². The maximum absolute atomic E-state index is 12.4. The third-order valence-corrected chi connectivity index (χ3v) is 4.38. The summed E-state index contributed by atoms with van der Waals surface area (Å²) in [5.41, 5.74) is 0. The van der Waals surface area contributed by atoms with Crippen LogP contribution in [0.15, 0.2) is 30.3 Å². The van der Waals surface area contributed by atoms with E-state index in [2.05, 4.69) is 5.32 Å². The molecular weight excluding hydrogens is 306 g/mol. The molecule has 0 saturated carbocycles. The fourth-order valence-corrected chi connectivity index (χ4v) is 2.83. The van der Waals surface area contributed by atoms with E-state index in [0.717, 1.165) is 19.4 Å². The molecule has 2 amide bonds. The quantitative estimate of drug-likeness (QED) is 0.808. The summed E-state index contributed by atoms with van der Waals surface area (Å²) in [6, 6.07) is 9.32. The number of nitrogens with zero attached hydrogens (tertiary/aromatic N) is 2. The summed E-state index contributed by atoms with van der Waals surface area (Å²) >= 11 is 0. The lowest BCUT2D eigenvalue weighted by atomic mass is 9.95. The number of rotatable bonds is 7. The van der Waals surface area contributed by atoms with Gasteiger partial charge in [0.1, 0.15) is 5.75 Å². The first kappa shape index (κ1) is 18.3. The monoisotopic (exact) mass is 333 g/mol. The Morgan fingerprint density at radius 3 is 2.54 bits per heavy atom. The second-order valence-corrected chi connectivity index (χ2v) is 6.12. The van der Waals surface area contributed by atoms with Crippen LogP contribution in [0.2, 0.25) is 0 Å². The molecule has 1 aliphatic heterocycles. The number of ether oxygens (including phenoxy) is 1. The number of benzene rings is 1. The lowest BCUT2D eigenvalue weighted by molar-refractivity contribution is -0.140. The van der Waals surface area contributed by atoms with Gasteiger partial charge in [-0.25, -0.2) is 0 Å². The van der Waals surface area contributed by atoms with Crippen LogP contribution in [0.1, 0.15) is 12.8 Å². The lowest BCUT2D eigenvalue weighted by Crippen LogP contribution is -2.45. The van der Waals surface area contributed by atoms with Crippen LogP contribution in [0.5, 0.6) is 5.75 Å². The molecule has 0 atom stereocenters. The van der Waals surface area contributed by atoms with Crippen molar-refractivity contribution in [2.45, 2.75) is 12.8 Å². The maximum atomic E-state index is 12.4. The number of para-hydroxylation sites is 1. The molecule has 0 spiro atoms. The van der Waals surface area contributed by atoms with Gasteiger partial charge in [0.15, 0.2) is 6.61 Å². The Morgan fingerprint density at radius 1 is 1.25 bits per heavy atom. The van der Waals surface area contributed by atoms with Crippen molar-refractivity contribution in [2.75, 3.05) is 46.9 Å². The highest BCUT2D eigenvalue weighted by atomic mass is 16.5. The van der Waals surface area contributed by atoms with Gasteiger partial charge < -0.3 is 19.9 Å². The summed E-state index contributed by atoms with van der Waals surface area (Å²) in [5, 5.41) is 3.05. The van der Waals surface area contributed by atoms with Crippen LogP contribution in [-0.2, 0) is 9.59 Å². The van der Waals surface area contributed by atoms with E-state index in [4.69, 9.17) is 4.74 Å². The number of likely N-dealkylation sites (N-methyl/N-ethyl adjacent to an activating group) is 2. The Kier molecular flexibility index (Phi) is 7.06. The van der Waals surface area contributed by atoms with E-state index in [1.165, 1.54) is 0 Å². The molecule has 0 aromatic heterocycles. The average molecular weight is 333 g/mol. The Labute approximate surface area is 143 Å². The molecule has 2 rings (SSSR count). The third kappa shape index (κ3) is 5.23. The van der Waals surface area contributed by atoms with E-state index in [0.29, 0.717) is 25.4 Å². The number of amides is 2. The third-order valence-electron chi connectivity index (χ3n) is 4.38. The van der Waals surface area contributed by atoms with Gasteiger partial charge in [-0.05, 0) is 32.0 Å². The van der Waals surface area contributed by atoms with Crippen LogP contribution in [0.3, 0.4) is 0 Å². The van der Waals surface area contributed by atoms with E-state index >= 15 is 0 Å². The fourth-order valence-electron chi connectivity index (χ4n) is 2.83. The SMILES string of the molecule is CNCCN(C)C(=O)C1CCN(C(=O)COc2ccccc2)CC1. The molecule has 1 aliphatic rings. The highest BCUT2D eigenvalue weighted by molar-refractivity contribution is 5.80. The van der Waals surface area contributed by atoms with Gasteiger partial charge in [-0.1, -0.05) is 18.2 Å². The van der Waals surface area contributed by atoms with Crippen molar-refractivity contribution in [3.05, 3.63) is 30.3 Å². The molecule has 132 valence electrons. The first-order valence-corrected chi connectivity index (χ1v) is 8.47. The van der Waals surface area contributed by atoms with E-state index in [9.17, 15) is 9.59 Å². The Morgan fingerprint density at radius 2 is 1.92 bits per heavy atom. The summed E-state index contributed by atoms with van der Waals surface area (Å²) in [6.07, 6.45) is 1.44. The Bertz CT molecular complexity index is 528. The van der Waals surface area contributed by atoms with Crippen molar-refractivity contribution in [3.63, 3.8) is 0 Å². The van der Waals surface area contributed by atoms with Gasteiger partial charge >= 0.3 is 0 Å². The van der Waals surface area contributed by atoms with Gasteiger partial charge in [-0.3, -0.25) is 9.59 Å². The van der Waals surface area contributed by atoms with Crippen molar-refractivity contribution < 1.29 is 14.3 Å². The molecule has 1 aromatic rings. The van der Waals surface area contributed by atoms with E-state index in [1.807, 2.05) is 44.4 Å². The second kappa shape index (κ2) is 9.27. The molecule has 1 N–H and O–H groups in total. The molecule has 24 heavy (non-hydrogen) atoms. The van der Waals surface area contributed by atoms with Crippen molar-refractivity contribution in [2.24, 2.45) is 5.92 Å². The summed E-state index contributed by atoms with van der Waals surface area (Å²) in [5.74, 6) is 0.874. The molecule has 1 aromatic carbocycles. The van der Waals surface area contributed by atoms with Crippen LogP contribution < -0.4 is 10.1 Å². The average Bonchev–Trinajstić information content (AvgIpc) is 2.64. The number of hydrogen-bond acceptors (Lipinski definition) is 4. The van der Waals surface area contributed by atoms with E-state index < -0.39 is 0 Å². The summed E-state index contributed by atoms with van der Waals surface area (Å²) in [6.45, 7) is 2.78. The normalized spacial score (nSPS) is 15.2. The minimum Gasteiger partial charge on any atom is -0.484 e. The molecule has 6 nitrogen and oxygen atoms in total. The number of hydrogen-bond donors (Lipinski definition) is 1. The van der Waals surface area contributed by atoms with Crippen LogP contribution >= 0.6 is 0 Å². The minimum absolute atomic E-state index is 0.0194. The number of carbonyl (C=O) groups excluding carboxylic acids is 2. The number of piperidine rings is 1. The molecular formula is C18H27N3O3. The predicted molar refractivity (Wildman–Crippen MR) is 92.8 cm³/mol. The van der Waals surface area contributed by atoms with Gasteiger partial charge in [0.05, 0.1) is 0 Å². The van der Waals surface area contributed by atoms with Gasteiger partial charge in [0.25, 0.3) is 5.91 Å². The second-order valence-electron chi connectivity index (χ2n) is 6.12. The highest BCUT2D eigenvalue weighted by Gasteiger charge is 2.29. The molecule has 1 heterocycles. The first-order valence-electron chi connectivity index (χ1n) is 8.47. The standard InChI is InChI=1S/C18H27N3O3/c1-19-10-13-20(2)18(23)15-8-11-21(12-9-15)17(22)14-24-16-6-4-3-5-7-16/h3-7,15,19H,8-14H2,1-2H3. The molecule has 0 aliphatic carbocycles. The van der Waals surface area contributed by atoms with Gasteiger partial charge in [0.2, 0.25) is 5.91 Å². The smallest absolute Gasteiger partial charge is 0.260 e. The topological polar surface area (TPSA) is 61.9 Å². The molecule has 6 heteroatoms. The predicted octanol–water partition coefficient (Wildman–Crippen LogP) is 0.982. The number of carbonyl (C=O) groups is 2. The number of likely N-dealkylation sites (tertiary alicyclic amines) is 1. The van der Waals surface area contributed by atoms with Gasteiger partial charge in [0, 0.05) is 39.1 Å². The zero-order valence-corrected chi connectivity index (χ0v) is 14.5. The zero-order valence-electron chi connectivity index (χ0n) is 14.5. The van der Waals surface area contributed by atoms with Crippen LogP contribution in [-0.4, -0.2) is 68.5 Å². The molecule has 0 radical (unpaired) electrons. The minimum atomic E-state index is -0.0201. The molecule has 1 saturated heterocycles. The van der Waals surface area contributed by atoms with Crippen LogP contribution in [0, 0.1) is 5.92 Å². The highest BCUT2D eigenvalue weighted by Crippen LogP contribution is 2.19. The Hall–Kier alpha value is -2.08. The zero-order chi connectivity index (χ0) is 17.4. The molecule has 0 bridgehead atoms. The van der Waals surface area contributed by atoms with Gasteiger partial charge in [-0.15, -0.1) is 0 Å². The summed E-state index contributed by atoms with van der Waals surface area (Å²) in [7, 11) is 3.71. The molecule has 1 fully saturated rings. The molecule has 0 unspecified atom stereocenters. The summed E-state index contributed by atoms with van der Waals surface area (Å²) in [4.78, 5) is 28.1. The first-order chi connectivity index (χ1) is 11.6. The van der Waals surface area contributed by atoms with Crippen molar-refractivity contribution in [1.29, 1.82) is 0 Å².